The monoisotopic (exact) mass is 267 g/mol. The highest BCUT2D eigenvalue weighted by atomic mass is 35.5. The first kappa shape index (κ1) is 13.2. The van der Waals surface area contributed by atoms with Crippen molar-refractivity contribution < 1.29 is 9.53 Å². The first-order valence-corrected chi connectivity index (χ1v) is 6.67. The van der Waals surface area contributed by atoms with Gasteiger partial charge in [-0.1, -0.05) is 25.4 Å². The summed E-state index contributed by atoms with van der Waals surface area (Å²) in [5.41, 5.74) is 1.01. The summed E-state index contributed by atoms with van der Waals surface area (Å²) in [6.07, 6.45) is 1.17. The van der Waals surface area contributed by atoms with Gasteiger partial charge in [-0.3, -0.25) is 4.79 Å². The van der Waals surface area contributed by atoms with E-state index in [2.05, 4.69) is 19.2 Å². The highest BCUT2D eigenvalue weighted by Crippen LogP contribution is 2.31. The molecule has 0 aliphatic carbocycles. The first-order valence-electron chi connectivity index (χ1n) is 6.29. The van der Waals surface area contributed by atoms with E-state index in [-0.39, 0.29) is 5.91 Å². The zero-order valence-electron chi connectivity index (χ0n) is 10.7. The second-order valence-corrected chi connectivity index (χ2v) is 5.47. The van der Waals surface area contributed by atoms with Gasteiger partial charge in [0.1, 0.15) is 5.75 Å². The largest absolute Gasteiger partial charge is 0.480 e. The summed E-state index contributed by atoms with van der Waals surface area (Å²) in [6, 6.07) is 5.46. The third kappa shape index (κ3) is 3.16. The zero-order valence-corrected chi connectivity index (χ0v) is 11.5. The molecule has 0 fully saturated rings. The molecule has 1 aliphatic rings. The Bertz CT molecular complexity index is 445. The van der Waals surface area contributed by atoms with Crippen molar-refractivity contribution in [3.8, 4) is 5.75 Å². The average Bonchev–Trinajstić information content (AvgIpc) is 2.71. The summed E-state index contributed by atoms with van der Waals surface area (Å²) in [4.78, 5) is 11.9. The maximum Gasteiger partial charge on any atom is 0.261 e. The molecule has 0 aromatic heterocycles. The average molecular weight is 268 g/mol. The van der Waals surface area contributed by atoms with Gasteiger partial charge >= 0.3 is 0 Å². The number of rotatable bonds is 4. The number of hydrogen-bond donors (Lipinski definition) is 1. The van der Waals surface area contributed by atoms with Gasteiger partial charge in [-0.25, -0.2) is 0 Å². The van der Waals surface area contributed by atoms with Crippen LogP contribution in [0.25, 0.3) is 0 Å². The van der Waals surface area contributed by atoms with E-state index >= 15 is 0 Å². The highest BCUT2D eigenvalue weighted by molar-refractivity contribution is 6.30. The maximum atomic E-state index is 11.9. The Labute approximate surface area is 112 Å². The van der Waals surface area contributed by atoms with Crippen molar-refractivity contribution in [2.24, 2.45) is 5.92 Å². The molecule has 0 spiro atoms. The number of carbonyl (C=O) groups is 1. The van der Waals surface area contributed by atoms with Crippen LogP contribution in [0.15, 0.2) is 18.2 Å². The molecule has 3 nitrogen and oxygen atoms in total. The van der Waals surface area contributed by atoms with Gasteiger partial charge in [-0.2, -0.15) is 0 Å². The summed E-state index contributed by atoms with van der Waals surface area (Å²) in [6.45, 7) is 4.97. The molecule has 4 heteroatoms. The van der Waals surface area contributed by atoms with Gasteiger partial charge in [-0.15, -0.1) is 0 Å². The number of benzene rings is 1. The number of halogens is 1. The van der Waals surface area contributed by atoms with Crippen LogP contribution in [-0.4, -0.2) is 18.6 Å². The van der Waals surface area contributed by atoms with Gasteiger partial charge in [0.15, 0.2) is 6.10 Å². The SMILES string of the molecule is CC(C)CCNC(=O)[C@@H]1Cc2cc(Cl)ccc2O1. The fourth-order valence-electron chi connectivity index (χ4n) is 1.96. The van der Waals surface area contributed by atoms with E-state index in [0.29, 0.717) is 23.9 Å². The van der Waals surface area contributed by atoms with E-state index in [9.17, 15) is 4.79 Å². The molecule has 0 bridgehead atoms. The van der Waals surface area contributed by atoms with Crippen LogP contribution in [0.5, 0.6) is 5.75 Å². The Morgan fingerprint density at radius 2 is 2.33 bits per heavy atom. The summed E-state index contributed by atoms with van der Waals surface area (Å²) in [5, 5.41) is 3.59. The highest BCUT2D eigenvalue weighted by Gasteiger charge is 2.28. The summed E-state index contributed by atoms with van der Waals surface area (Å²) >= 11 is 5.91. The van der Waals surface area contributed by atoms with Crippen molar-refractivity contribution in [1.29, 1.82) is 0 Å². The third-order valence-electron chi connectivity index (χ3n) is 3.01. The predicted molar refractivity (Wildman–Crippen MR) is 72.0 cm³/mol. The molecule has 0 saturated heterocycles. The van der Waals surface area contributed by atoms with Gasteiger partial charge in [0.05, 0.1) is 0 Å². The summed E-state index contributed by atoms with van der Waals surface area (Å²) < 4.78 is 5.61. The third-order valence-corrected chi connectivity index (χ3v) is 3.25. The molecule has 0 unspecified atom stereocenters. The number of nitrogens with one attached hydrogen (secondary N) is 1. The molecular formula is C14H18ClNO2. The Kier molecular flexibility index (Phi) is 4.12. The van der Waals surface area contributed by atoms with E-state index in [1.54, 1.807) is 6.07 Å². The predicted octanol–water partition coefficient (Wildman–Crippen LogP) is 2.81. The molecule has 0 radical (unpaired) electrons. The van der Waals surface area contributed by atoms with Gasteiger partial charge in [-0.05, 0) is 36.1 Å². The van der Waals surface area contributed by atoms with Crippen molar-refractivity contribution in [2.45, 2.75) is 32.8 Å². The van der Waals surface area contributed by atoms with Crippen LogP contribution in [0.1, 0.15) is 25.8 Å². The lowest BCUT2D eigenvalue weighted by atomic mass is 10.1. The van der Waals surface area contributed by atoms with Crippen LogP contribution in [-0.2, 0) is 11.2 Å². The molecule has 1 aromatic rings. The molecule has 1 aromatic carbocycles. The van der Waals surface area contributed by atoms with Gasteiger partial charge in [0, 0.05) is 18.0 Å². The van der Waals surface area contributed by atoms with E-state index < -0.39 is 6.10 Å². The van der Waals surface area contributed by atoms with Crippen molar-refractivity contribution in [1.82, 2.24) is 5.32 Å². The minimum absolute atomic E-state index is 0.0389. The van der Waals surface area contributed by atoms with Crippen molar-refractivity contribution >= 4 is 17.5 Å². The van der Waals surface area contributed by atoms with Crippen molar-refractivity contribution in [2.75, 3.05) is 6.54 Å². The first-order chi connectivity index (χ1) is 8.56. The van der Waals surface area contributed by atoms with Gasteiger partial charge in [0.2, 0.25) is 0 Å². The van der Waals surface area contributed by atoms with E-state index in [1.807, 2.05) is 12.1 Å². The van der Waals surface area contributed by atoms with Crippen molar-refractivity contribution in [3.63, 3.8) is 0 Å². The Balaban J connectivity index is 1.88. The molecule has 18 heavy (non-hydrogen) atoms. The van der Waals surface area contributed by atoms with E-state index in [1.165, 1.54) is 0 Å². The van der Waals surface area contributed by atoms with Gasteiger partial charge in [0.25, 0.3) is 5.91 Å². The number of fused-ring (bicyclic) bond motifs is 1. The lowest BCUT2D eigenvalue weighted by Crippen LogP contribution is -2.38. The standard InChI is InChI=1S/C14H18ClNO2/c1-9(2)5-6-16-14(17)13-8-10-7-11(15)3-4-12(10)18-13/h3-4,7,9,13H,5-6,8H2,1-2H3,(H,16,17)/t13-/m0/s1. The normalized spacial score (nSPS) is 17.4. The van der Waals surface area contributed by atoms with E-state index in [0.717, 1.165) is 17.7 Å². The van der Waals surface area contributed by atoms with Crippen LogP contribution >= 0.6 is 11.6 Å². The number of hydrogen-bond acceptors (Lipinski definition) is 2. The molecule has 1 heterocycles. The maximum absolute atomic E-state index is 11.9. The smallest absolute Gasteiger partial charge is 0.261 e. The van der Waals surface area contributed by atoms with Crippen molar-refractivity contribution in [3.05, 3.63) is 28.8 Å². The van der Waals surface area contributed by atoms with Crippen LogP contribution < -0.4 is 10.1 Å². The Hall–Kier alpha value is -1.22. The lowest BCUT2D eigenvalue weighted by Gasteiger charge is -2.12. The number of amides is 1. The Morgan fingerprint density at radius 3 is 3.06 bits per heavy atom. The minimum atomic E-state index is -0.411. The zero-order chi connectivity index (χ0) is 13.1. The summed E-state index contributed by atoms with van der Waals surface area (Å²) in [5.74, 6) is 1.32. The summed E-state index contributed by atoms with van der Waals surface area (Å²) in [7, 11) is 0. The topological polar surface area (TPSA) is 38.3 Å². The fraction of sp³-hybridized carbons (Fsp3) is 0.500. The van der Waals surface area contributed by atoms with Gasteiger partial charge < -0.3 is 10.1 Å². The van der Waals surface area contributed by atoms with Crippen LogP contribution in [0, 0.1) is 5.92 Å². The molecule has 1 amide bonds. The molecule has 1 N–H and O–H groups in total. The molecule has 1 atom stereocenters. The van der Waals surface area contributed by atoms with Crippen LogP contribution in [0.2, 0.25) is 5.02 Å². The quantitative estimate of drug-likeness (QED) is 0.911. The second kappa shape index (κ2) is 5.61. The second-order valence-electron chi connectivity index (χ2n) is 5.04. The molecule has 1 aliphatic heterocycles. The fourth-order valence-corrected chi connectivity index (χ4v) is 2.16. The molecular weight excluding hydrogens is 250 g/mol. The van der Waals surface area contributed by atoms with E-state index in [4.69, 9.17) is 16.3 Å². The molecule has 0 saturated carbocycles. The lowest BCUT2D eigenvalue weighted by molar-refractivity contribution is -0.127. The van der Waals surface area contributed by atoms with Crippen LogP contribution in [0.3, 0.4) is 0 Å². The number of carbonyl (C=O) groups excluding carboxylic acids is 1. The van der Waals surface area contributed by atoms with Crippen LogP contribution in [0.4, 0.5) is 0 Å². The molecule has 98 valence electrons. The molecule has 2 rings (SSSR count). The minimum Gasteiger partial charge on any atom is -0.480 e. The number of ether oxygens (including phenoxy) is 1. The Morgan fingerprint density at radius 1 is 1.56 bits per heavy atom.